The van der Waals surface area contributed by atoms with Crippen LogP contribution < -0.4 is 5.32 Å². The number of nitrogens with one attached hydrogen (secondary N) is 1. The zero-order valence-electron chi connectivity index (χ0n) is 16.2. The van der Waals surface area contributed by atoms with E-state index in [4.69, 9.17) is 16.2 Å². The van der Waals surface area contributed by atoms with Gasteiger partial charge in [0.05, 0.1) is 10.9 Å². The number of hydrogen-bond donors (Lipinski definition) is 2. The van der Waals surface area contributed by atoms with Gasteiger partial charge in [-0.25, -0.2) is 0 Å². The summed E-state index contributed by atoms with van der Waals surface area (Å²) in [6, 6.07) is 12.8. The maximum atomic E-state index is 12.1. The lowest BCUT2D eigenvalue weighted by Gasteiger charge is -2.25. The van der Waals surface area contributed by atoms with Gasteiger partial charge >= 0.3 is 0 Å². The molecule has 2 N–H and O–H groups in total. The molecule has 148 valence electrons. The van der Waals surface area contributed by atoms with Crippen LogP contribution >= 0.6 is 11.6 Å². The Kier molecular flexibility index (Phi) is 8.17. The third kappa shape index (κ3) is 8.67. The summed E-state index contributed by atoms with van der Waals surface area (Å²) in [6.07, 6.45) is 0. The summed E-state index contributed by atoms with van der Waals surface area (Å²) in [5.74, 6) is 0.0671. The molecule has 0 amide bonds. The van der Waals surface area contributed by atoms with E-state index < -0.39 is 10.1 Å². The molecule has 1 unspecified atom stereocenters. The molecule has 2 aromatic rings. The maximum absolute atomic E-state index is 12.1. The SMILES string of the molecule is CC(NC(C)(C)C)C(=O)c1cccc(Cl)c1.Cc1ccc(S(=O)(=O)O)cc1. The number of aryl methyl sites for hydroxylation is 1. The molecule has 1 atom stereocenters. The van der Waals surface area contributed by atoms with Crippen LogP contribution in [0.4, 0.5) is 0 Å². The van der Waals surface area contributed by atoms with Gasteiger partial charge in [0.25, 0.3) is 10.1 Å². The highest BCUT2D eigenvalue weighted by Gasteiger charge is 2.20. The second-order valence-electron chi connectivity index (χ2n) is 7.28. The first-order valence-corrected chi connectivity index (χ1v) is 10.2. The minimum Gasteiger partial charge on any atom is -0.303 e. The summed E-state index contributed by atoms with van der Waals surface area (Å²) in [5, 5.41) is 3.84. The lowest BCUT2D eigenvalue weighted by molar-refractivity contribution is 0.0935. The number of ketones is 1. The second-order valence-corrected chi connectivity index (χ2v) is 9.14. The molecule has 0 aliphatic heterocycles. The predicted octanol–water partition coefficient (Wildman–Crippen LogP) is 4.54. The first-order chi connectivity index (χ1) is 12.3. The molecule has 0 radical (unpaired) electrons. The van der Waals surface area contributed by atoms with Gasteiger partial charge in [-0.05, 0) is 58.9 Å². The Hall–Kier alpha value is -1.73. The molecule has 0 fully saturated rings. The zero-order chi connectivity index (χ0) is 20.8. The van der Waals surface area contributed by atoms with Gasteiger partial charge in [0.15, 0.2) is 5.78 Å². The maximum Gasteiger partial charge on any atom is 0.294 e. The van der Waals surface area contributed by atoms with E-state index in [0.717, 1.165) is 5.56 Å². The molecular formula is C20H26ClNO4S. The van der Waals surface area contributed by atoms with Crippen LogP contribution in [0.5, 0.6) is 0 Å². The Bertz CT molecular complexity index is 872. The van der Waals surface area contributed by atoms with Gasteiger partial charge in [-0.3, -0.25) is 9.35 Å². The van der Waals surface area contributed by atoms with Gasteiger partial charge in [-0.15, -0.1) is 0 Å². The molecule has 27 heavy (non-hydrogen) atoms. The molecular weight excluding hydrogens is 386 g/mol. The number of rotatable bonds is 4. The summed E-state index contributed by atoms with van der Waals surface area (Å²) >= 11 is 5.85. The minimum absolute atomic E-state index is 0.0666. The quantitative estimate of drug-likeness (QED) is 0.570. The van der Waals surface area contributed by atoms with Crippen molar-refractivity contribution in [1.29, 1.82) is 0 Å². The largest absolute Gasteiger partial charge is 0.303 e. The van der Waals surface area contributed by atoms with E-state index in [-0.39, 0.29) is 22.3 Å². The molecule has 0 aliphatic carbocycles. The van der Waals surface area contributed by atoms with E-state index in [2.05, 4.69) is 5.32 Å². The highest BCUT2D eigenvalue weighted by Crippen LogP contribution is 2.13. The van der Waals surface area contributed by atoms with Crippen molar-refractivity contribution in [2.75, 3.05) is 0 Å². The fourth-order valence-corrected chi connectivity index (χ4v) is 2.99. The summed E-state index contributed by atoms with van der Waals surface area (Å²) in [6.45, 7) is 9.82. The van der Waals surface area contributed by atoms with Gasteiger partial charge in [0.1, 0.15) is 0 Å². The molecule has 5 nitrogen and oxygen atoms in total. The van der Waals surface area contributed by atoms with Crippen molar-refractivity contribution in [1.82, 2.24) is 5.32 Å². The average Bonchev–Trinajstić information content (AvgIpc) is 2.52. The van der Waals surface area contributed by atoms with Crippen LogP contribution in [0.2, 0.25) is 5.02 Å². The van der Waals surface area contributed by atoms with E-state index in [1.54, 1.807) is 36.4 Å². The third-order valence-corrected chi connectivity index (χ3v) is 4.57. The van der Waals surface area contributed by atoms with E-state index >= 15 is 0 Å². The van der Waals surface area contributed by atoms with Crippen molar-refractivity contribution in [3.05, 3.63) is 64.7 Å². The van der Waals surface area contributed by atoms with Crippen LogP contribution in [0.3, 0.4) is 0 Å². The number of hydrogen-bond acceptors (Lipinski definition) is 4. The summed E-state index contributed by atoms with van der Waals surface area (Å²) in [7, 11) is -4.02. The molecule has 0 aromatic heterocycles. The highest BCUT2D eigenvalue weighted by molar-refractivity contribution is 7.85. The molecule has 2 rings (SSSR count). The normalized spacial score (nSPS) is 12.7. The van der Waals surface area contributed by atoms with Gasteiger partial charge in [0.2, 0.25) is 0 Å². The minimum atomic E-state index is -4.02. The smallest absolute Gasteiger partial charge is 0.294 e. The van der Waals surface area contributed by atoms with Crippen LogP contribution in [0.1, 0.15) is 43.6 Å². The van der Waals surface area contributed by atoms with Crippen LogP contribution in [0.15, 0.2) is 53.4 Å². The molecule has 0 spiro atoms. The first kappa shape index (κ1) is 23.3. The molecule has 2 aromatic carbocycles. The van der Waals surface area contributed by atoms with Crippen molar-refractivity contribution in [3.63, 3.8) is 0 Å². The molecule has 0 heterocycles. The van der Waals surface area contributed by atoms with Crippen LogP contribution in [-0.4, -0.2) is 30.3 Å². The Morgan fingerprint density at radius 3 is 2.11 bits per heavy atom. The van der Waals surface area contributed by atoms with Crippen molar-refractivity contribution in [2.24, 2.45) is 0 Å². The fraction of sp³-hybridized carbons (Fsp3) is 0.350. The fourth-order valence-electron chi connectivity index (χ4n) is 2.32. The Labute approximate surface area is 166 Å². The van der Waals surface area contributed by atoms with Crippen LogP contribution in [0.25, 0.3) is 0 Å². The van der Waals surface area contributed by atoms with Gasteiger partial charge in [0, 0.05) is 16.1 Å². The van der Waals surface area contributed by atoms with Gasteiger partial charge < -0.3 is 5.32 Å². The third-order valence-electron chi connectivity index (χ3n) is 3.47. The van der Waals surface area contributed by atoms with Crippen molar-refractivity contribution in [2.45, 2.75) is 51.1 Å². The van der Waals surface area contributed by atoms with Crippen LogP contribution in [0, 0.1) is 6.92 Å². The van der Waals surface area contributed by atoms with Crippen molar-refractivity contribution >= 4 is 27.5 Å². The van der Waals surface area contributed by atoms with Gasteiger partial charge in [-0.1, -0.05) is 41.4 Å². The van der Waals surface area contributed by atoms with E-state index in [0.29, 0.717) is 10.6 Å². The Morgan fingerprint density at radius 2 is 1.67 bits per heavy atom. The molecule has 0 saturated heterocycles. The number of carbonyl (C=O) groups is 1. The highest BCUT2D eigenvalue weighted by atomic mass is 35.5. The van der Waals surface area contributed by atoms with E-state index in [1.807, 2.05) is 34.6 Å². The predicted molar refractivity (Wildman–Crippen MR) is 109 cm³/mol. The van der Waals surface area contributed by atoms with E-state index in [1.165, 1.54) is 12.1 Å². The van der Waals surface area contributed by atoms with Crippen LogP contribution in [-0.2, 0) is 10.1 Å². The second kappa shape index (κ2) is 9.46. The van der Waals surface area contributed by atoms with Gasteiger partial charge in [-0.2, -0.15) is 8.42 Å². The number of Topliss-reactive ketones (excluding diaryl/α,β-unsaturated/α-hetero) is 1. The molecule has 0 aliphatic rings. The zero-order valence-corrected chi connectivity index (χ0v) is 17.7. The standard InChI is InChI=1S/C13H18ClNO.C7H8O3S/c1-9(15-13(2,3)4)12(16)10-6-5-7-11(14)8-10;1-6-2-4-7(5-3-6)11(8,9)10/h5-9,15H,1-4H3;2-5H,1H3,(H,8,9,10). The van der Waals surface area contributed by atoms with Crippen molar-refractivity contribution < 1.29 is 17.8 Å². The summed E-state index contributed by atoms with van der Waals surface area (Å²) < 4.78 is 29.6. The Morgan fingerprint density at radius 1 is 1.11 bits per heavy atom. The molecule has 0 bridgehead atoms. The summed E-state index contributed by atoms with van der Waals surface area (Å²) in [5.41, 5.74) is 1.53. The van der Waals surface area contributed by atoms with E-state index in [9.17, 15) is 13.2 Å². The monoisotopic (exact) mass is 411 g/mol. The lowest BCUT2D eigenvalue weighted by atomic mass is 10.0. The summed E-state index contributed by atoms with van der Waals surface area (Å²) in [4.78, 5) is 12.0. The first-order valence-electron chi connectivity index (χ1n) is 8.41. The number of benzene rings is 2. The number of halogens is 1. The molecule has 7 heteroatoms. The van der Waals surface area contributed by atoms with Crippen molar-refractivity contribution in [3.8, 4) is 0 Å². The Balaban J connectivity index is 0.000000289. The topological polar surface area (TPSA) is 83.5 Å². The number of carbonyl (C=O) groups excluding carboxylic acids is 1. The lowest BCUT2D eigenvalue weighted by Crippen LogP contribution is -2.46. The molecule has 0 saturated carbocycles. The average molecular weight is 412 g/mol.